The van der Waals surface area contributed by atoms with E-state index in [9.17, 15) is 9.59 Å². The molecule has 0 heterocycles. The van der Waals surface area contributed by atoms with Crippen LogP contribution >= 0.6 is 23.4 Å². The van der Waals surface area contributed by atoms with Crippen molar-refractivity contribution >= 4 is 40.9 Å². The highest BCUT2D eigenvalue weighted by atomic mass is 35.5. The number of amides is 2. The number of hydrogen-bond acceptors (Lipinski definition) is 4. The van der Waals surface area contributed by atoms with E-state index in [1.807, 2.05) is 24.3 Å². The Hall–Kier alpha value is -2.02. The molecule has 0 aliphatic heterocycles. The molecule has 2 aromatic carbocycles. The Kier molecular flexibility index (Phi) is 9.18. The molecule has 0 bridgehead atoms. The van der Waals surface area contributed by atoms with E-state index in [0.29, 0.717) is 35.2 Å². The van der Waals surface area contributed by atoms with Gasteiger partial charge in [0.1, 0.15) is 0 Å². The summed E-state index contributed by atoms with van der Waals surface area (Å²) in [5.74, 6) is 0.543. The molecule has 7 heteroatoms. The average molecular weight is 407 g/mol. The minimum atomic E-state index is -0.217. The van der Waals surface area contributed by atoms with Gasteiger partial charge in [-0.25, -0.2) is 0 Å². The number of methoxy groups -OCH3 is 1. The number of hydrogen-bond donors (Lipinski definition) is 2. The second-order valence-corrected chi connectivity index (χ2v) is 7.17. The molecule has 2 rings (SSSR count). The Morgan fingerprint density at radius 2 is 1.85 bits per heavy atom. The SMILES string of the molecule is COCCCNC(=O)c1ccccc1NC(=O)CSCc1ccccc1Cl. The molecule has 0 atom stereocenters. The molecule has 2 amide bonds. The molecule has 2 aromatic rings. The first kappa shape index (κ1) is 21.3. The number of carbonyl (C=O) groups is 2. The number of thioether (sulfide) groups is 1. The predicted molar refractivity (Wildman–Crippen MR) is 112 cm³/mol. The summed E-state index contributed by atoms with van der Waals surface area (Å²) in [6, 6.07) is 14.5. The molecule has 0 aliphatic carbocycles. The van der Waals surface area contributed by atoms with Gasteiger partial charge in [-0.1, -0.05) is 41.9 Å². The molecule has 0 saturated heterocycles. The molecule has 0 unspecified atom stereocenters. The van der Waals surface area contributed by atoms with Crippen LogP contribution in [0.3, 0.4) is 0 Å². The van der Waals surface area contributed by atoms with Crippen molar-refractivity contribution in [3.8, 4) is 0 Å². The van der Waals surface area contributed by atoms with Gasteiger partial charge in [0.25, 0.3) is 5.91 Å². The highest BCUT2D eigenvalue weighted by molar-refractivity contribution is 7.99. The van der Waals surface area contributed by atoms with Crippen molar-refractivity contribution in [3.05, 3.63) is 64.7 Å². The largest absolute Gasteiger partial charge is 0.385 e. The summed E-state index contributed by atoms with van der Waals surface area (Å²) in [7, 11) is 1.62. The van der Waals surface area contributed by atoms with E-state index in [2.05, 4.69) is 10.6 Å². The summed E-state index contributed by atoms with van der Waals surface area (Å²) >= 11 is 7.59. The number of benzene rings is 2. The lowest BCUT2D eigenvalue weighted by Crippen LogP contribution is -2.27. The minimum Gasteiger partial charge on any atom is -0.385 e. The maximum atomic E-state index is 12.3. The highest BCUT2D eigenvalue weighted by Crippen LogP contribution is 2.21. The van der Waals surface area contributed by atoms with E-state index in [1.165, 1.54) is 11.8 Å². The second kappa shape index (κ2) is 11.6. The Morgan fingerprint density at radius 1 is 1.11 bits per heavy atom. The van der Waals surface area contributed by atoms with Crippen LogP contribution < -0.4 is 10.6 Å². The quantitative estimate of drug-likeness (QED) is 0.585. The van der Waals surface area contributed by atoms with Crippen LogP contribution in [0, 0.1) is 0 Å². The summed E-state index contributed by atoms with van der Waals surface area (Å²) in [4.78, 5) is 24.6. The van der Waals surface area contributed by atoms with Crippen molar-refractivity contribution in [2.45, 2.75) is 12.2 Å². The van der Waals surface area contributed by atoms with Gasteiger partial charge in [0.2, 0.25) is 5.91 Å². The van der Waals surface area contributed by atoms with Crippen molar-refractivity contribution in [3.63, 3.8) is 0 Å². The second-order valence-electron chi connectivity index (χ2n) is 5.78. The van der Waals surface area contributed by atoms with Gasteiger partial charge in [0.05, 0.1) is 17.0 Å². The molecule has 0 saturated carbocycles. The van der Waals surface area contributed by atoms with Gasteiger partial charge >= 0.3 is 0 Å². The highest BCUT2D eigenvalue weighted by Gasteiger charge is 2.13. The first-order valence-corrected chi connectivity index (χ1v) is 10.1. The number of nitrogens with one attached hydrogen (secondary N) is 2. The fourth-order valence-electron chi connectivity index (χ4n) is 2.36. The zero-order chi connectivity index (χ0) is 19.5. The fourth-order valence-corrected chi connectivity index (χ4v) is 3.47. The summed E-state index contributed by atoms with van der Waals surface area (Å²) in [6.45, 7) is 1.10. The standard InChI is InChI=1S/C20H23ClN2O3S/c1-26-12-6-11-22-20(25)16-8-3-5-10-18(16)23-19(24)14-27-13-15-7-2-4-9-17(15)21/h2-5,7-10H,6,11-14H2,1H3,(H,22,25)(H,23,24). The van der Waals surface area contributed by atoms with Crippen LogP contribution in [0.15, 0.2) is 48.5 Å². The normalized spacial score (nSPS) is 10.4. The topological polar surface area (TPSA) is 67.4 Å². The number of anilines is 1. The van der Waals surface area contributed by atoms with Gasteiger partial charge in [-0.3, -0.25) is 9.59 Å². The molecule has 27 heavy (non-hydrogen) atoms. The van der Waals surface area contributed by atoms with Crippen molar-refractivity contribution < 1.29 is 14.3 Å². The zero-order valence-corrected chi connectivity index (χ0v) is 16.7. The smallest absolute Gasteiger partial charge is 0.253 e. The van der Waals surface area contributed by atoms with Crippen molar-refractivity contribution in [1.29, 1.82) is 0 Å². The van der Waals surface area contributed by atoms with Gasteiger partial charge in [0.15, 0.2) is 0 Å². The molecule has 0 fully saturated rings. The Labute approximate surface area is 168 Å². The molecule has 5 nitrogen and oxygen atoms in total. The molecule has 0 aliphatic rings. The maximum absolute atomic E-state index is 12.3. The third-order valence-electron chi connectivity index (χ3n) is 3.71. The van der Waals surface area contributed by atoms with Crippen LogP contribution in [0.5, 0.6) is 0 Å². The van der Waals surface area contributed by atoms with E-state index in [1.54, 1.807) is 31.4 Å². The minimum absolute atomic E-state index is 0.160. The van der Waals surface area contributed by atoms with Crippen LogP contribution in [-0.2, 0) is 15.3 Å². The van der Waals surface area contributed by atoms with E-state index in [4.69, 9.17) is 16.3 Å². The summed E-state index contributed by atoms with van der Waals surface area (Å²) in [6.07, 6.45) is 0.732. The van der Waals surface area contributed by atoms with E-state index >= 15 is 0 Å². The van der Waals surface area contributed by atoms with Crippen LogP contribution in [0.4, 0.5) is 5.69 Å². The summed E-state index contributed by atoms with van der Waals surface area (Å²) < 4.78 is 4.96. The van der Waals surface area contributed by atoms with Crippen LogP contribution in [0.1, 0.15) is 22.3 Å². The predicted octanol–water partition coefficient (Wildman–Crippen LogP) is 3.98. The Bertz CT molecular complexity index is 770. The summed E-state index contributed by atoms with van der Waals surface area (Å²) in [5, 5.41) is 6.34. The number of halogens is 1. The molecular formula is C20H23ClN2O3S. The van der Waals surface area contributed by atoms with Gasteiger partial charge in [0, 0.05) is 31.0 Å². The fraction of sp³-hybridized carbons (Fsp3) is 0.300. The molecule has 0 radical (unpaired) electrons. The van der Waals surface area contributed by atoms with E-state index < -0.39 is 0 Å². The van der Waals surface area contributed by atoms with Crippen molar-refractivity contribution in [1.82, 2.24) is 5.32 Å². The number of carbonyl (C=O) groups excluding carboxylic acids is 2. The lowest BCUT2D eigenvalue weighted by Gasteiger charge is -2.11. The average Bonchev–Trinajstić information content (AvgIpc) is 2.67. The molecule has 144 valence electrons. The molecule has 0 aromatic heterocycles. The number of rotatable bonds is 10. The van der Waals surface area contributed by atoms with E-state index in [-0.39, 0.29) is 17.6 Å². The Balaban J connectivity index is 1.86. The van der Waals surface area contributed by atoms with Gasteiger partial charge < -0.3 is 15.4 Å². The molecule has 0 spiro atoms. The van der Waals surface area contributed by atoms with E-state index in [0.717, 1.165) is 12.0 Å². The van der Waals surface area contributed by atoms with Gasteiger partial charge in [-0.05, 0) is 30.2 Å². The molecule has 2 N–H and O–H groups in total. The van der Waals surface area contributed by atoms with Crippen LogP contribution in [0.2, 0.25) is 5.02 Å². The lowest BCUT2D eigenvalue weighted by molar-refractivity contribution is -0.113. The molecular weight excluding hydrogens is 384 g/mol. The van der Waals surface area contributed by atoms with Gasteiger partial charge in [-0.2, -0.15) is 0 Å². The third kappa shape index (κ3) is 7.25. The lowest BCUT2D eigenvalue weighted by atomic mass is 10.1. The van der Waals surface area contributed by atoms with Crippen LogP contribution in [0.25, 0.3) is 0 Å². The monoisotopic (exact) mass is 406 g/mol. The zero-order valence-electron chi connectivity index (χ0n) is 15.2. The third-order valence-corrected chi connectivity index (χ3v) is 5.06. The Morgan fingerprint density at radius 3 is 2.63 bits per heavy atom. The van der Waals surface area contributed by atoms with Crippen LogP contribution in [-0.4, -0.2) is 37.8 Å². The first-order chi connectivity index (χ1) is 13.1. The van der Waals surface area contributed by atoms with Gasteiger partial charge in [-0.15, -0.1) is 11.8 Å². The van der Waals surface area contributed by atoms with Crippen molar-refractivity contribution in [2.24, 2.45) is 0 Å². The summed E-state index contributed by atoms with van der Waals surface area (Å²) in [5.41, 5.74) is 1.94. The maximum Gasteiger partial charge on any atom is 0.253 e. The van der Waals surface area contributed by atoms with Crippen molar-refractivity contribution in [2.75, 3.05) is 31.3 Å². The first-order valence-electron chi connectivity index (χ1n) is 8.59. The number of ether oxygens (including phenoxy) is 1. The number of para-hydroxylation sites is 1.